The third-order valence-electron chi connectivity index (χ3n) is 3.43. The summed E-state index contributed by atoms with van der Waals surface area (Å²) in [6.07, 6.45) is -3.22. The van der Waals surface area contributed by atoms with Crippen molar-refractivity contribution in [2.75, 3.05) is 12.8 Å². The van der Waals surface area contributed by atoms with Gasteiger partial charge in [-0.2, -0.15) is 23.3 Å². The number of nitrogen functional groups attached to an aromatic ring is 1. The van der Waals surface area contributed by atoms with E-state index in [0.717, 1.165) is 13.2 Å². The summed E-state index contributed by atoms with van der Waals surface area (Å²) in [6.45, 7) is 0. The van der Waals surface area contributed by atoms with Gasteiger partial charge in [-0.1, -0.05) is 11.6 Å². The monoisotopic (exact) mass is 357 g/mol. The average Bonchev–Trinajstić information content (AvgIpc) is 2.82. The Morgan fingerprint density at radius 2 is 2.00 bits per heavy atom. The van der Waals surface area contributed by atoms with Gasteiger partial charge in [0.15, 0.2) is 5.65 Å². The molecule has 24 heavy (non-hydrogen) atoms. The maximum absolute atomic E-state index is 13.3. The van der Waals surface area contributed by atoms with Crippen LogP contribution in [-0.2, 0) is 13.2 Å². The second-order valence-electron chi connectivity index (χ2n) is 4.97. The normalized spacial score (nSPS) is 11.9. The van der Waals surface area contributed by atoms with Gasteiger partial charge in [-0.05, 0) is 12.1 Å². The molecule has 1 aromatic carbocycles. The van der Waals surface area contributed by atoms with Crippen LogP contribution in [0.1, 0.15) is 5.56 Å². The first-order chi connectivity index (χ1) is 11.2. The Labute approximate surface area is 139 Å². The van der Waals surface area contributed by atoms with Crippen LogP contribution < -0.4 is 10.5 Å². The van der Waals surface area contributed by atoms with Crippen LogP contribution in [0.25, 0.3) is 22.3 Å². The summed E-state index contributed by atoms with van der Waals surface area (Å²) in [7, 11) is 2.73. The van der Waals surface area contributed by atoms with Gasteiger partial charge < -0.3 is 10.5 Å². The van der Waals surface area contributed by atoms with Crippen molar-refractivity contribution in [3.05, 3.63) is 28.9 Å². The molecular formula is C14H11ClF3N5O. The van der Waals surface area contributed by atoms with Crippen molar-refractivity contribution >= 4 is 28.6 Å². The maximum atomic E-state index is 13.3. The Hall–Kier alpha value is -2.55. The number of aromatic nitrogens is 4. The second kappa shape index (κ2) is 5.52. The summed E-state index contributed by atoms with van der Waals surface area (Å²) in [6, 6.07) is 2.29. The number of halogens is 4. The highest BCUT2D eigenvalue weighted by Gasteiger charge is 2.36. The zero-order valence-corrected chi connectivity index (χ0v) is 13.3. The third kappa shape index (κ3) is 2.60. The van der Waals surface area contributed by atoms with E-state index in [1.54, 1.807) is 7.05 Å². The number of hydrogen-bond donors (Lipinski definition) is 1. The molecule has 0 atom stereocenters. The number of aryl methyl sites for hydroxylation is 1. The Kier molecular flexibility index (Phi) is 3.75. The highest BCUT2D eigenvalue weighted by Crippen LogP contribution is 2.43. The molecule has 0 spiro atoms. The summed E-state index contributed by atoms with van der Waals surface area (Å²) in [5.41, 5.74) is 5.39. The molecule has 126 valence electrons. The van der Waals surface area contributed by atoms with E-state index in [0.29, 0.717) is 11.0 Å². The van der Waals surface area contributed by atoms with Crippen LogP contribution in [0, 0.1) is 0 Å². The van der Waals surface area contributed by atoms with Crippen molar-refractivity contribution in [2.24, 2.45) is 7.05 Å². The first-order valence-electron chi connectivity index (χ1n) is 6.62. The first kappa shape index (κ1) is 16.3. The van der Waals surface area contributed by atoms with Gasteiger partial charge in [0.05, 0.1) is 23.1 Å². The molecule has 0 unspecified atom stereocenters. The average molecular weight is 358 g/mol. The predicted molar refractivity (Wildman–Crippen MR) is 82.7 cm³/mol. The Morgan fingerprint density at radius 3 is 2.62 bits per heavy atom. The number of benzene rings is 1. The van der Waals surface area contributed by atoms with E-state index < -0.39 is 17.5 Å². The van der Waals surface area contributed by atoms with Crippen molar-refractivity contribution in [3.8, 4) is 17.0 Å². The van der Waals surface area contributed by atoms with Crippen molar-refractivity contribution in [3.63, 3.8) is 0 Å². The van der Waals surface area contributed by atoms with Crippen LogP contribution in [0.5, 0.6) is 5.75 Å². The standard InChI is InChI=1S/C14H11ClF3N5O/c1-23-12-7(5-20-13(19)21-12)10(22-23)6-3-8(14(16,17)18)11(24-2)9(15)4-6/h3-5H,1-2H3,(H2,19,20,21). The number of ether oxygens (including phenoxy) is 1. The number of nitrogens with zero attached hydrogens (tertiary/aromatic N) is 4. The van der Waals surface area contributed by atoms with Gasteiger partial charge in [-0.25, -0.2) is 9.67 Å². The maximum Gasteiger partial charge on any atom is 0.420 e. The molecule has 0 fully saturated rings. The number of rotatable bonds is 2. The van der Waals surface area contributed by atoms with Crippen molar-refractivity contribution in [2.45, 2.75) is 6.18 Å². The van der Waals surface area contributed by atoms with Crippen LogP contribution in [0.3, 0.4) is 0 Å². The number of fused-ring (bicyclic) bond motifs is 1. The van der Waals surface area contributed by atoms with E-state index in [1.807, 2.05) is 0 Å². The van der Waals surface area contributed by atoms with E-state index in [-0.39, 0.29) is 22.2 Å². The van der Waals surface area contributed by atoms with Crippen molar-refractivity contribution in [1.82, 2.24) is 19.7 Å². The molecule has 0 aliphatic rings. The molecule has 2 aromatic heterocycles. The van der Waals surface area contributed by atoms with Gasteiger partial charge in [0, 0.05) is 18.8 Å². The molecule has 3 aromatic rings. The Bertz CT molecular complexity index is 938. The van der Waals surface area contributed by atoms with Gasteiger partial charge in [0.1, 0.15) is 11.4 Å². The Morgan fingerprint density at radius 1 is 1.29 bits per heavy atom. The fourth-order valence-electron chi connectivity index (χ4n) is 2.41. The highest BCUT2D eigenvalue weighted by atomic mass is 35.5. The van der Waals surface area contributed by atoms with Gasteiger partial charge in [-0.15, -0.1) is 0 Å². The lowest BCUT2D eigenvalue weighted by molar-refractivity contribution is -0.138. The summed E-state index contributed by atoms with van der Waals surface area (Å²) < 4.78 is 46.0. The number of methoxy groups -OCH3 is 1. The lowest BCUT2D eigenvalue weighted by atomic mass is 10.0. The van der Waals surface area contributed by atoms with E-state index in [4.69, 9.17) is 22.1 Å². The van der Waals surface area contributed by atoms with E-state index >= 15 is 0 Å². The zero-order valence-electron chi connectivity index (χ0n) is 12.5. The quantitative estimate of drug-likeness (QED) is 0.761. The summed E-state index contributed by atoms with van der Waals surface area (Å²) in [5.74, 6) is -0.394. The molecule has 0 bridgehead atoms. The molecule has 0 amide bonds. The molecular weight excluding hydrogens is 347 g/mol. The lowest BCUT2D eigenvalue weighted by Crippen LogP contribution is -2.08. The number of anilines is 1. The van der Waals surface area contributed by atoms with Gasteiger partial charge in [0.25, 0.3) is 0 Å². The topological polar surface area (TPSA) is 78.8 Å². The fraction of sp³-hybridized carbons (Fsp3) is 0.214. The molecule has 0 aliphatic heterocycles. The molecule has 0 aliphatic carbocycles. The van der Waals surface area contributed by atoms with Crippen LogP contribution in [0.2, 0.25) is 5.02 Å². The molecule has 3 rings (SSSR count). The number of alkyl halides is 3. The highest BCUT2D eigenvalue weighted by molar-refractivity contribution is 6.32. The largest absolute Gasteiger partial charge is 0.495 e. The number of hydrogen-bond acceptors (Lipinski definition) is 5. The molecule has 6 nitrogen and oxygen atoms in total. The SMILES string of the molecule is COc1c(Cl)cc(-c2nn(C)c3nc(N)ncc23)cc1C(F)(F)F. The molecule has 2 heterocycles. The van der Waals surface area contributed by atoms with Gasteiger partial charge >= 0.3 is 6.18 Å². The molecule has 10 heteroatoms. The zero-order chi connectivity index (χ0) is 17.6. The minimum Gasteiger partial charge on any atom is -0.495 e. The van der Waals surface area contributed by atoms with Crippen molar-refractivity contribution < 1.29 is 17.9 Å². The molecule has 0 radical (unpaired) electrons. The van der Waals surface area contributed by atoms with Crippen LogP contribution in [0.15, 0.2) is 18.3 Å². The fourth-order valence-corrected chi connectivity index (χ4v) is 2.71. The van der Waals surface area contributed by atoms with E-state index in [9.17, 15) is 13.2 Å². The Balaban J connectivity index is 2.30. The molecule has 2 N–H and O–H groups in total. The molecule has 0 saturated carbocycles. The molecule has 0 saturated heterocycles. The lowest BCUT2D eigenvalue weighted by Gasteiger charge is -2.14. The van der Waals surface area contributed by atoms with Crippen LogP contribution >= 0.6 is 11.6 Å². The van der Waals surface area contributed by atoms with Crippen LogP contribution in [-0.4, -0.2) is 26.9 Å². The predicted octanol–water partition coefficient (Wildman–Crippen LogP) is 3.29. The minimum absolute atomic E-state index is 0.0424. The summed E-state index contributed by atoms with van der Waals surface area (Å²) in [4.78, 5) is 7.90. The second-order valence-corrected chi connectivity index (χ2v) is 5.38. The van der Waals surface area contributed by atoms with Gasteiger partial charge in [0.2, 0.25) is 5.95 Å². The minimum atomic E-state index is -4.63. The first-order valence-corrected chi connectivity index (χ1v) is 7.00. The summed E-state index contributed by atoms with van der Waals surface area (Å²) in [5, 5.41) is 4.50. The summed E-state index contributed by atoms with van der Waals surface area (Å²) >= 11 is 5.96. The van der Waals surface area contributed by atoms with Crippen LogP contribution in [0.4, 0.5) is 19.1 Å². The van der Waals surface area contributed by atoms with E-state index in [1.165, 1.54) is 16.9 Å². The third-order valence-corrected chi connectivity index (χ3v) is 3.71. The van der Waals surface area contributed by atoms with Gasteiger partial charge in [-0.3, -0.25) is 0 Å². The number of nitrogens with two attached hydrogens (primary N) is 1. The smallest absolute Gasteiger partial charge is 0.420 e. The van der Waals surface area contributed by atoms with Crippen molar-refractivity contribution in [1.29, 1.82) is 0 Å². The van der Waals surface area contributed by atoms with E-state index in [2.05, 4.69) is 15.1 Å².